The van der Waals surface area contributed by atoms with Gasteiger partial charge in [0.25, 0.3) is 0 Å². The molecule has 1 rings (SSSR count). The molecule has 0 spiro atoms. The van der Waals surface area contributed by atoms with Gasteiger partial charge in [-0.05, 0) is 24.6 Å². The molecule has 0 saturated heterocycles. The first kappa shape index (κ1) is 16.9. The number of halogens is 2. The summed E-state index contributed by atoms with van der Waals surface area (Å²) in [6.07, 6.45) is -0.168. The largest absolute Gasteiger partial charge is 0.370 e. The summed E-state index contributed by atoms with van der Waals surface area (Å²) in [4.78, 5) is 22.3. The van der Waals surface area contributed by atoms with E-state index in [0.29, 0.717) is 5.69 Å². The van der Waals surface area contributed by atoms with Crippen molar-refractivity contribution in [3.63, 3.8) is 0 Å². The van der Waals surface area contributed by atoms with Crippen LogP contribution in [0.4, 0.5) is 5.69 Å². The molecule has 1 unspecified atom stereocenters. The Balaban J connectivity index is 0.00000289. The third kappa shape index (κ3) is 4.64. The van der Waals surface area contributed by atoms with Crippen LogP contribution in [0.15, 0.2) is 22.7 Å². The maximum absolute atomic E-state index is 11.7. The fourth-order valence-electron chi connectivity index (χ4n) is 1.28. The van der Waals surface area contributed by atoms with Gasteiger partial charge in [0.2, 0.25) is 11.8 Å². The average Bonchev–Trinajstić information content (AvgIpc) is 2.23. The Morgan fingerprint density at radius 1 is 1.44 bits per heavy atom. The smallest absolute Gasteiger partial charge is 0.241 e. The molecule has 1 atom stereocenters. The average molecular weight is 337 g/mol. The lowest BCUT2D eigenvalue weighted by Crippen LogP contribution is -2.39. The van der Waals surface area contributed by atoms with Crippen molar-refractivity contribution in [3.05, 3.63) is 28.2 Å². The number of benzene rings is 1. The van der Waals surface area contributed by atoms with Crippen LogP contribution in [0.1, 0.15) is 12.0 Å². The van der Waals surface area contributed by atoms with Gasteiger partial charge in [-0.2, -0.15) is 0 Å². The molecule has 2 amide bonds. The number of carbonyl (C=O) groups excluding carboxylic acids is 2. The van der Waals surface area contributed by atoms with E-state index in [4.69, 9.17) is 11.5 Å². The number of rotatable bonds is 4. The molecule has 100 valence electrons. The third-order valence-corrected chi connectivity index (χ3v) is 3.14. The van der Waals surface area contributed by atoms with Crippen molar-refractivity contribution in [1.82, 2.24) is 0 Å². The lowest BCUT2D eigenvalue weighted by atomic mass is 10.1. The normalized spacial score (nSPS) is 11.3. The van der Waals surface area contributed by atoms with Crippen LogP contribution in [-0.2, 0) is 9.59 Å². The highest BCUT2D eigenvalue weighted by Gasteiger charge is 2.16. The molecule has 7 heteroatoms. The molecule has 0 aromatic heterocycles. The Morgan fingerprint density at radius 2 is 2.06 bits per heavy atom. The number of hydrogen-bond acceptors (Lipinski definition) is 3. The van der Waals surface area contributed by atoms with Crippen molar-refractivity contribution >= 4 is 45.8 Å². The minimum atomic E-state index is -0.925. The van der Waals surface area contributed by atoms with Crippen molar-refractivity contribution in [1.29, 1.82) is 0 Å². The fourth-order valence-corrected chi connectivity index (χ4v) is 1.64. The second-order valence-corrected chi connectivity index (χ2v) is 4.53. The van der Waals surface area contributed by atoms with E-state index < -0.39 is 17.9 Å². The maximum atomic E-state index is 11.7. The summed E-state index contributed by atoms with van der Waals surface area (Å²) >= 11 is 3.36. The maximum Gasteiger partial charge on any atom is 0.241 e. The molecule has 0 aliphatic carbocycles. The lowest BCUT2D eigenvalue weighted by molar-refractivity contribution is -0.123. The van der Waals surface area contributed by atoms with Gasteiger partial charge < -0.3 is 16.8 Å². The number of hydrogen-bond donors (Lipinski definition) is 3. The standard InChI is InChI=1S/C11H14BrN3O2.ClH/c1-6-7(12)3-2-4-9(6)15-11(17)8(13)5-10(14)16;/h2-4,8H,5,13H2,1H3,(H2,14,16)(H,15,17);1H. The molecule has 0 bridgehead atoms. The fraction of sp³-hybridized carbons (Fsp3) is 0.273. The van der Waals surface area contributed by atoms with Gasteiger partial charge in [0.15, 0.2) is 0 Å². The monoisotopic (exact) mass is 335 g/mol. The van der Waals surface area contributed by atoms with Crippen LogP contribution in [0.2, 0.25) is 0 Å². The second kappa shape index (κ2) is 7.35. The summed E-state index contributed by atoms with van der Waals surface area (Å²) in [5.41, 5.74) is 12.1. The highest BCUT2D eigenvalue weighted by molar-refractivity contribution is 9.10. The van der Waals surface area contributed by atoms with E-state index in [1.54, 1.807) is 12.1 Å². The predicted molar refractivity (Wildman–Crippen MR) is 76.5 cm³/mol. The van der Waals surface area contributed by atoms with Gasteiger partial charge in [-0.15, -0.1) is 12.4 Å². The zero-order valence-corrected chi connectivity index (χ0v) is 12.2. The molecule has 18 heavy (non-hydrogen) atoms. The number of anilines is 1. The molecule has 5 N–H and O–H groups in total. The number of amides is 2. The van der Waals surface area contributed by atoms with E-state index in [2.05, 4.69) is 21.2 Å². The van der Waals surface area contributed by atoms with Gasteiger partial charge in [0.1, 0.15) is 0 Å². The molecule has 0 aliphatic rings. The predicted octanol–water partition coefficient (Wildman–Crippen LogP) is 1.32. The van der Waals surface area contributed by atoms with Crippen LogP contribution >= 0.6 is 28.3 Å². The van der Waals surface area contributed by atoms with Crippen LogP contribution in [0, 0.1) is 6.92 Å². The van der Waals surface area contributed by atoms with E-state index in [1.165, 1.54) is 0 Å². The Labute approximate surface area is 120 Å². The first-order valence-electron chi connectivity index (χ1n) is 5.01. The molecule has 0 saturated carbocycles. The van der Waals surface area contributed by atoms with Gasteiger partial charge >= 0.3 is 0 Å². The van der Waals surface area contributed by atoms with Crippen LogP contribution < -0.4 is 16.8 Å². The van der Waals surface area contributed by atoms with Gasteiger partial charge in [-0.25, -0.2) is 0 Å². The van der Waals surface area contributed by atoms with Crippen molar-refractivity contribution in [2.45, 2.75) is 19.4 Å². The van der Waals surface area contributed by atoms with Crippen molar-refractivity contribution < 1.29 is 9.59 Å². The minimum absolute atomic E-state index is 0. The van der Waals surface area contributed by atoms with Crippen LogP contribution in [0.3, 0.4) is 0 Å². The van der Waals surface area contributed by atoms with E-state index in [1.807, 2.05) is 13.0 Å². The quantitative estimate of drug-likeness (QED) is 0.773. The van der Waals surface area contributed by atoms with Gasteiger partial charge in [-0.3, -0.25) is 9.59 Å². The Morgan fingerprint density at radius 3 is 2.61 bits per heavy atom. The number of nitrogens with one attached hydrogen (secondary N) is 1. The molecule has 1 aromatic carbocycles. The summed E-state index contributed by atoms with van der Waals surface area (Å²) in [6, 6.07) is 4.50. The number of nitrogens with two attached hydrogens (primary N) is 2. The van der Waals surface area contributed by atoms with Gasteiger partial charge in [0, 0.05) is 10.2 Å². The molecule has 1 aromatic rings. The molecule has 5 nitrogen and oxygen atoms in total. The van der Waals surface area contributed by atoms with Crippen molar-refractivity contribution in [2.24, 2.45) is 11.5 Å². The summed E-state index contributed by atoms with van der Waals surface area (Å²) in [5, 5.41) is 2.65. The van der Waals surface area contributed by atoms with E-state index >= 15 is 0 Å². The second-order valence-electron chi connectivity index (χ2n) is 3.68. The van der Waals surface area contributed by atoms with E-state index in [0.717, 1.165) is 10.0 Å². The summed E-state index contributed by atoms with van der Waals surface area (Å²) < 4.78 is 0.888. The number of carbonyl (C=O) groups is 2. The van der Waals surface area contributed by atoms with Crippen LogP contribution in [-0.4, -0.2) is 17.9 Å². The van der Waals surface area contributed by atoms with Crippen LogP contribution in [0.25, 0.3) is 0 Å². The zero-order valence-electron chi connectivity index (χ0n) is 9.77. The highest BCUT2D eigenvalue weighted by atomic mass is 79.9. The topological polar surface area (TPSA) is 98.2 Å². The van der Waals surface area contributed by atoms with E-state index in [-0.39, 0.29) is 18.8 Å². The van der Waals surface area contributed by atoms with Crippen molar-refractivity contribution in [3.8, 4) is 0 Å². The molecular weight excluding hydrogens is 321 g/mol. The summed E-state index contributed by atoms with van der Waals surface area (Å²) in [6.45, 7) is 1.86. The Kier molecular flexibility index (Phi) is 6.90. The first-order valence-corrected chi connectivity index (χ1v) is 5.81. The number of primary amides is 1. The Hall–Kier alpha value is -1.11. The summed E-state index contributed by atoms with van der Waals surface area (Å²) in [7, 11) is 0. The van der Waals surface area contributed by atoms with Gasteiger partial charge in [-0.1, -0.05) is 22.0 Å². The summed E-state index contributed by atoms with van der Waals surface area (Å²) in [5.74, 6) is -1.02. The minimum Gasteiger partial charge on any atom is -0.370 e. The first-order chi connectivity index (χ1) is 7.91. The molecular formula is C11H15BrClN3O2. The third-order valence-electron chi connectivity index (χ3n) is 2.28. The lowest BCUT2D eigenvalue weighted by Gasteiger charge is -2.13. The SMILES string of the molecule is Cc1c(Br)cccc1NC(=O)C(N)CC(N)=O.Cl. The molecule has 0 heterocycles. The molecule has 0 fully saturated rings. The Bertz CT molecular complexity index is 454. The zero-order chi connectivity index (χ0) is 13.0. The highest BCUT2D eigenvalue weighted by Crippen LogP contribution is 2.23. The van der Waals surface area contributed by atoms with E-state index in [9.17, 15) is 9.59 Å². The van der Waals surface area contributed by atoms with Crippen LogP contribution in [0.5, 0.6) is 0 Å². The molecule has 0 aliphatic heterocycles. The molecule has 0 radical (unpaired) electrons. The van der Waals surface area contributed by atoms with Gasteiger partial charge in [0.05, 0.1) is 12.5 Å². The van der Waals surface area contributed by atoms with Crippen molar-refractivity contribution in [2.75, 3.05) is 5.32 Å².